The lowest BCUT2D eigenvalue weighted by Gasteiger charge is -2.08. The number of hydrogen-bond acceptors (Lipinski definition) is 4. The molecule has 3 aromatic rings. The molecule has 0 aliphatic carbocycles. The summed E-state index contributed by atoms with van der Waals surface area (Å²) in [6.45, 7) is 0.383. The lowest BCUT2D eigenvalue weighted by molar-refractivity contribution is -0.121. The molecule has 0 spiro atoms. The van der Waals surface area contributed by atoms with Crippen LogP contribution in [0.2, 0.25) is 0 Å². The highest BCUT2D eigenvalue weighted by molar-refractivity contribution is 9.10. The van der Waals surface area contributed by atoms with Crippen molar-refractivity contribution in [1.82, 2.24) is 15.3 Å². The van der Waals surface area contributed by atoms with E-state index in [0.29, 0.717) is 19.4 Å². The Bertz CT molecular complexity index is 821. The molecule has 122 valence electrons. The average molecular weight is 402 g/mol. The first-order valence-corrected chi connectivity index (χ1v) is 9.30. The van der Waals surface area contributed by atoms with Crippen LogP contribution in [0.1, 0.15) is 17.7 Å². The summed E-state index contributed by atoms with van der Waals surface area (Å²) in [4.78, 5) is 20.9. The molecule has 0 aliphatic rings. The van der Waals surface area contributed by atoms with E-state index in [1.165, 1.54) is 0 Å². The lowest BCUT2D eigenvalue weighted by atomic mass is 10.1. The van der Waals surface area contributed by atoms with Crippen LogP contribution in [0, 0.1) is 0 Å². The van der Waals surface area contributed by atoms with Crippen molar-refractivity contribution in [3.63, 3.8) is 0 Å². The molecule has 1 N–H and O–H groups in total. The van der Waals surface area contributed by atoms with Gasteiger partial charge in [0.2, 0.25) is 5.91 Å². The number of carbonyl (C=O) groups is 1. The third-order valence-corrected chi connectivity index (χ3v) is 5.06. The van der Waals surface area contributed by atoms with Crippen LogP contribution in [0.3, 0.4) is 0 Å². The second-order valence-electron chi connectivity index (χ2n) is 5.23. The maximum atomic E-state index is 12.1. The molecular formula is C18H16BrN3OS. The summed E-state index contributed by atoms with van der Waals surface area (Å²) in [5.41, 5.74) is 3.77. The highest BCUT2D eigenvalue weighted by Crippen LogP contribution is 2.22. The second kappa shape index (κ2) is 8.17. The topological polar surface area (TPSA) is 54.9 Å². The maximum Gasteiger partial charge on any atom is 0.220 e. The van der Waals surface area contributed by atoms with Crippen molar-refractivity contribution in [2.75, 3.05) is 0 Å². The van der Waals surface area contributed by atoms with Crippen LogP contribution in [0.25, 0.3) is 11.3 Å². The Balaban J connectivity index is 1.58. The van der Waals surface area contributed by atoms with Gasteiger partial charge in [-0.3, -0.25) is 14.8 Å². The first kappa shape index (κ1) is 16.8. The SMILES string of the molecule is O=C(CCc1ccccc1Br)NCc1nccnc1-c1ccsc1. The second-order valence-corrected chi connectivity index (χ2v) is 6.87. The van der Waals surface area contributed by atoms with Crippen molar-refractivity contribution in [3.8, 4) is 11.3 Å². The Kier molecular flexibility index (Phi) is 5.72. The molecule has 0 aliphatic heterocycles. The third-order valence-electron chi connectivity index (χ3n) is 3.60. The molecule has 0 fully saturated rings. The number of nitrogens with one attached hydrogen (secondary N) is 1. The summed E-state index contributed by atoms with van der Waals surface area (Å²) in [5.74, 6) is 0.00711. The van der Waals surface area contributed by atoms with E-state index in [-0.39, 0.29) is 5.91 Å². The Morgan fingerprint density at radius 2 is 2.00 bits per heavy atom. The van der Waals surface area contributed by atoms with Crippen molar-refractivity contribution in [2.45, 2.75) is 19.4 Å². The molecule has 1 amide bonds. The molecular weight excluding hydrogens is 386 g/mol. The molecule has 2 aromatic heterocycles. The van der Waals surface area contributed by atoms with Gasteiger partial charge in [-0.2, -0.15) is 11.3 Å². The number of hydrogen-bond donors (Lipinski definition) is 1. The molecule has 0 bridgehead atoms. The smallest absolute Gasteiger partial charge is 0.220 e. The van der Waals surface area contributed by atoms with Gasteiger partial charge < -0.3 is 5.32 Å². The van der Waals surface area contributed by atoms with Crippen molar-refractivity contribution >= 4 is 33.2 Å². The van der Waals surface area contributed by atoms with E-state index < -0.39 is 0 Å². The Hall–Kier alpha value is -2.05. The minimum atomic E-state index is 0.00711. The molecule has 24 heavy (non-hydrogen) atoms. The summed E-state index contributed by atoms with van der Waals surface area (Å²) < 4.78 is 1.03. The normalized spacial score (nSPS) is 10.5. The minimum Gasteiger partial charge on any atom is -0.350 e. The number of amides is 1. The fraction of sp³-hybridized carbons (Fsp3) is 0.167. The first-order valence-electron chi connectivity index (χ1n) is 7.56. The van der Waals surface area contributed by atoms with Gasteiger partial charge >= 0.3 is 0 Å². The zero-order chi connectivity index (χ0) is 16.8. The minimum absolute atomic E-state index is 0.00711. The number of halogens is 1. The number of carbonyl (C=O) groups excluding carboxylic acids is 1. The highest BCUT2D eigenvalue weighted by atomic mass is 79.9. The number of thiophene rings is 1. The average Bonchev–Trinajstić information content (AvgIpc) is 3.14. The molecule has 0 saturated carbocycles. The molecule has 2 heterocycles. The number of aromatic nitrogens is 2. The molecule has 0 saturated heterocycles. The van der Waals surface area contributed by atoms with E-state index in [4.69, 9.17) is 0 Å². The van der Waals surface area contributed by atoms with Gasteiger partial charge in [0.1, 0.15) is 0 Å². The lowest BCUT2D eigenvalue weighted by Crippen LogP contribution is -2.24. The predicted octanol–water partition coefficient (Wildman–Crippen LogP) is 4.22. The molecule has 4 nitrogen and oxygen atoms in total. The zero-order valence-electron chi connectivity index (χ0n) is 12.9. The Labute approximate surface area is 153 Å². The van der Waals surface area contributed by atoms with Gasteiger partial charge in [-0.25, -0.2) is 0 Å². The Morgan fingerprint density at radius 3 is 2.79 bits per heavy atom. The summed E-state index contributed by atoms with van der Waals surface area (Å²) >= 11 is 5.12. The zero-order valence-corrected chi connectivity index (χ0v) is 15.3. The van der Waals surface area contributed by atoms with Gasteiger partial charge in [0, 0.05) is 34.2 Å². The van der Waals surface area contributed by atoms with Crippen LogP contribution < -0.4 is 5.32 Å². The fourth-order valence-corrected chi connectivity index (χ4v) is 3.48. The van der Waals surface area contributed by atoms with Crippen molar-refractivity contribution in [3.05, 3.63) is 69.2 Å². The first-order chi connectivity index (χ1) is 11.7. The van der Waals surface area contributed by atoms with Crippen LogP contribution in [0.4, 0.5) is 0 Å². The van der Waals surface area contributed by atoms with Crippen LogP contribution in [-0.4, -0.2) is 15.9 Å². The number of benzene rings is 1. The highest BCUT2D eigenvalue weighted by Gasteiger charge is 2.10. The molecule has 0 unspecified atom stereocenters. The van der Waals surface area contributed by atoms with Crippen molar-refractivity contribution < 1.29 is 4.79 Å². The van der Waals surface area contributed by atoms with Crippen LogP contribution in [0.5, 0.6) is 0 Å². The molecule has 3 rings (SSSR count). The quantitative estimate of drug-likeness (QED) is 0.672. The molecule has 6 heteroatoms. The van der Waals surface area contributed by atoms with Crippen LogP contribution >= 0.6 is 27.3 Å². The Morgan fingerprint density at radius 1 is 1.17 bits per heavy atom. The molecule has 0 atom stereocenters. The largest absolute Gasteiger partial charge is 0.350 e. The van der Waals surface area contributed by atoms with E-state index in [2.05, 4.69) is 31.2 Å². The van der Waals surface area contributed by atoms with Gasteiger partial charge in [-0.05, 0) is 29.5 Å². The van der Waals surface area contributed by atoms with Gasteiger partial charge in [0.05, 0.1) is 17.9 Å². The number of nitrogens with zero attached hydrogens (tertiary/aromatic N) is 2. The molecule has 1 aromatic carbocycles. The monoisotopic (exact) mass is 401 g/mol. The van der Waals surface area contributed by atoms with Gasteiger partial charge in [0.15, 0.2) is 0 Å². The number of rotatable bonds is 6. The van der Waals surface area contributed by atoms with E-state index in [1.54, 1.807) is 23.7 Å². The van der Waals surface area contributed by atoms with Crippen LogP contribution in [0.15, 0.2) is 58.0 Å². The van der Waals surface area contributed by atoms with Gasteiger partial charge in [-0.15, -0.1) is 0 Å². The van der Waals surface area contributed by atoms with E-state index >= 15 is 0 Å². The van der Waals surface area contributed by atoms with Crippen LogP contribution in [-0.2, 0) is 17.8 Å². The summed E-state index contributed by atoms with van der Waals surface area (Å²) in [6.07, 6.45) is 4.46. The van der Waals surface area contributed by atoms with Crippen molar-refractivity contribution in [1.29, 1.82) is 0 Å². The predicted molar refractivity (Wildman–Crippen MR) is 99.7 cm³/mol. The van der Waals surface area contributed by atoms with E-state index in [1.807, 2.05) is 41.1 Å². The van der Waals surface area contributed by atoms with Gasteiger partial charge in [0.25, 0.3) is 0 Å². The van der Waals surface area contributed by atoms with Gasteiger partial charge in [-0.1, -0.05) is 34.1 Å². The summed E-state index contributed by atoms with van der Waals surface area (Å²) in [6, 6.07) is 9.96. The molecule has 0 radical (unpaired) electrons. The summed E-state index contributed by atoms with van der Waals surface area (Å²) in [7, 11) is 0. The van der Waals surface area contributed by atoms with E-state index in [9.17, 15) is 4.79 Å². The van der Waals surface area contributed by atoms with Crippen molar-refractivity contribution in [2.24, 2.45) is 0 Å². The summed E-state index contributed by atoms with van der Waals surface area (Å²) in [5, 5.41) is 6.97. The number of aryl methyl sites for hydroxylation is 1. The fourth-order valence-electron chi connectivity index (χ4n) is 2.36. The standard InChI is InChI=1S/C18H16BrN3OS/c19-15-4-2-1-3-13(15)5-6-17(23)22-11-16-18(21-9-8-20-16)14-7-10-24-12-14/h1-4,7-10,12H,5-6,11H2,(H,22,23). The third kappa shape index (κ3) is 4.27. The van der Waals surface area contributed by atoms with E-state index in [0.717, 1.165) is 27.0 Å². The maximum absolute atomic E-state index is 12.1.